The molecule has 0 aliphatic rings. The molecule has 0 saturated heterocycles. The standard InChI is InChI=1S/C15H20N4/c1-4-19(10-13-7-5-6-8-14(13)16)15-17-11(2)9-12(3)18-15/h5-9H,4,10,16H2,1-3H3. The van der Waals surface area contributed by atoms with Gasteiger partial charge in [0.15, 0.2) is 0 Å². The van der Waals surface area contributed by atoms with E-state index in [0.717, 1.165) is 41.7 Å². The zero-order valence-corrected chi connectivity index (χ0v) is 11.7. The van der Waals surface area contributed by atoms with E-state index in [-0.39, 0.29) is 0 Å². The van der Waals surface area contributed by atoms with Crippen molar-refractivity contribution in [2.24, 2.45) is 0 Å². The summed E-state index contributed by atoms with van der Waals surface area (Å²) >= 11 is 0. The van der Waals surface area contributed by atoms with Gasteiger partial charge in [-0.15, -0.1) is 0 Å². The first-order valence-electron chi connectivity index (χ1n) is 6.50. The maximum Gasteiger partial charge on any atom is 0.226 e. The van der Waals surface area contributed by atoms with Crippen LogP contribution in [0.2, 0.25) is 0 Å². The van der Waals surface area contributed by atoms with Crippen molar-refractivity contribution in [3.05, 3.63) is 47.3 Å². The van der Waals surface area contributed by atoms with Crippen LogP contribution in [0.25, 0.3) is 0 Å². The average molecular weight is 256 g/mol. The monoisotopic (exact) mass is 256 g/mol. The van der Waals surface area contributed by atoms with E-state index in [1.807, 2.05) is 44.2 Å². The van der Waals surface area contributed by atoms with Gasteiger partial charge in [0.1, 0.15) is 0 Å². The number of hydrogen-bond donors (Lipinski definition) is 1. The van der Waals surface area contributed by atoms with Crippen LogP contribution in [0.5, 0.6) is 0 Å². The van der Waals surface area contributed by atoms with Gasteiger partial charge in [-0.2, -0.15) is 0 Å². The molecule has 0 unspecified atom stereocenters. The molecule has 0 atom stereocenters. The molecule has 0 radical (unpaired) electrons. The lowest BCUT2D eigenvalue weighted by atomic mass is 10.1. The first-order chi connectivity index (χ1) is 9.10. The van der Waals surface area contributed by atoms with Gasteiger partial charge >= 0.3 is 0 Å². The predicted molar refractivity (Wildman–Crippen MR) is 79.1 cm³/mol. The number of aryl methyl sites for hydroxylation is 2. The lowest BCUT2D eigenvalue weighted by molar-refractivity contribution is 0.784. The van der Waals surface area contributed by atoms with Gasteiger partial charge in [-0.1, -0.05) is 18.2 Å². The molecule has 1 aromatic carbocycles. The zero-order valence-electron chi connectivity index (χ0n) is 11.7. The second-order valence-corrected chi connectivity index (χ2v) is 4.66. The van der Waals surface area contributed by atoms with E-state index in [1.54, 1.807) is 0 Å². The molecule has 0 fully saturated rings. The largest absolute Gasteiger partial charge is 0.398 e. The molecule has 19 heavy (non-hydrogen) atoms. The SMILES string of the molecule is CCN(Cc1ccccc1N)c1nc(C)cc(C)n1. The molecule has 2 rings (SSSR count). The molecule has 0 spiro atoms. The third kappa shape index (κ3) is 3.22. The van der Waals surface area contributed by atoms with Crippen molar-refractivity contribution < 1.29 is 0 Å². The lowest BCUT2D eigenvalue weighted by Gasteiger charge is -2.22. The van der Waals surface area contributed by atoms with Gasteiger partial charge < -0.3 is 10.6 Å². The van der Waals surface area contributed by atoms with E-state index in [2.05, 4.69) is 21.8 Å². The van der Waals surface area contributed by atoms with Crippen molar-refractivity contribution in [2.45, 2.75) is 27.3 Å². The molecule has 0 bridgehead atoms. The Bertz CT molecular complexity index is 546. The summed E-state index contributed by atoms with van der Waals surface area (Å²) in [4.78, 5) is 11.1. The Hall–Kier alpha value is -2.10. The van der Waals surface area contributed by atoms with Crippen LogP contribution < -0.4 is 10.6 Å². The van der Waals surface area contributed by atoms with Crippen molar-refractivity contribution >= 4 is 11.6 Å². The molecule has 4 nitrogen and oxygen atoms in total. The number of nitrogens with zero attached hydrogens (tertiary/aromatic N) is 3. The average Bonchev–Trinajstić information content (AvgIpc) is 2.36. The summed E-state index contributed by atoms with van der Waals surface area (Å²) in [5.74, 6) is 0.767. The topological polar surface area (TPSA) is 55.0 Å². The van der Waals surface area contributed by atoms with Crippen molar-refractivity contribution in [3.63, 3.8) is 0 Å². The Morgan fingerprint density at radius 1 is 1.11 bits per heavy atom. The Kier molecular flexibility index (Phi) is 4.00. The predicted octanol–water partition coefficient (Wildman–Crippen LogP) is 2.70. The number of para-hydroxylation sites is 1. The highest BCUT2D eigenvalue weighted by molar-refractivity contribution is 5.48. The van der Waals surface area contributed by atoms with Gasteiger partial charge in [0.25, 0.3) is 0 Å². The van der Waals surface area contributed by atoms with Gasteiger partial charge in [0, 0.05) is 30.2 Å². The van der Waals surface area contributed by atoms with Crippen LogP contribution in [0.3, 0.4) is 0 Å². The van der Waals surface area contributed by atoms with Crippen molar-refractivity contribution in [3.8, 4) is 0 Å². The fraction of sp³-hybridized carbons (Fsp3) is 0.333. The van der Waals surface area contributed by atoms with Crippen molar-refractivity contribution in [2.75, 3.05) is 17.2 Å². The number of nitrogen functional groups attached to an aromatic ring is 1. The smallest absolute Gasteiger partial charge is 0.226 e. The molecule has 1 heterocycles. The second kappa shape index (κ2) is 5.69. The van der Waals surface area contributed by atoms with Crippen LogP contribution in [-0.4, -0.2) is 16.5 Å². The van der Waals surface area contributed by atoms with Gasteiger partial charge in [0.2, 0.25) is 5.95 Å². The van der Waals surface area contributed by atoms with Crippen LogP contribution in [0, 0.1) is 13.8 Å². The second-order valence-electron chi connectivity index (χ2n) is 4.66. The molecule has 0 aliphatic heterocycles. The third-order valence-electron chi connectivity index (χ3n) is 3.05. The number of hydrogen-bond acceptors (Lipinski definition) is 4. The normalized spacial score (nSPS) is 10.5. The van der Waals surface area contributed by atoms with Gasteiger partial charge in [-0.3, -0.25) is 0 Å². The number of nitrogens with two attached hydrogens (primary N) is 1. The number of aromatic nitrogens is 2. The molecular weight excluding hydrogens is 236 g/mol. The van der Waals surface area contributed by atoms with Crippen LogP contribution in [0.1, 0.15) is 23.9 Å². The number of benzene rings is 1. The Labute approximate surface area is 114 Å². The molecule has 4 heteroatoms. The Morgan fingerprint density at radius 2 is 1.74 bits per heavy atom. The number of rotatable bonds is 4. The first-order valence-corrected chi connectivity index (χ1v) is 6.50. The Morgan fingerprint density at radius 3 is 2.32 bits per heavy atom. The quantitative estimate of drug-likeness (QED) is 0.855. The summed E-state index contributed by atoms with van der Waals surface area (Å²) in [6, 6.07) is 9.89. The minimum atomic E-state index is 0.728. The Balaban J connectivity index is 2.28. The van der Waals surface area contributed by atoms with E-state index < -0.39 is 0 Å². The first kappa shape index (κ1) is 13.3. The molecule has 2 aromatic rings. The minimum Gasteiger partial charge on any atom is -0.398 e. The van der Waals surface area contributed by atoms with Gasteiger partial charge in [-0.25, -0.2) is 9.97 Å². The highest BCUT2D eigenvalue weighted by atomic mass is 15.2. The highest BCUT2D eigenvalue weighted by Crippen LogP contribution is 2.17. The number of anilines is 2. The highest BCUT2D eigenvalue weighted by Gasteiger charge is 2.10. The van der Waals surface area contributed by atoms with Gasteiger partial charge in [-0.05, 0) is 38.5 Å². The van der Waals surface area contributed by atoms with E-state index >= 15 is 0 Å². The molecule has 0 aliphatic carbocycles. The third-order valence-corrected chi connectivity index (χ3v) is 3.05. The summed E-state index contributed by atoms with van der Waals surface area (Å²) in [5.41, 5.74) is 9.88. The molecule has 0 saturated carbocycles. The molecular formula is C15H20N4. The van der Waals surface area contributed by atoms with Crippen LogP contribution in [0.4, 0.5) is 11.6 Å². The van der Waals surface area contributed by atoms with E-state index in [0.29, 0.717) is 0 Å². The van der Waals surface area contributed by atoms with Crippen molar-refractivity contribution in [1.29, 1.82) is 0 Å². The van der Waals surface area contributed by atoms with E-state index in [4.69, 9.17) is 5.73 Å². The lowest BCUT2D eigenvalue weighted by Crippen LogP contribution is -2.25. The summed E-state index contributed by atoms with van der Waals surface area (Å²) < 4.78 is 0. The minimum absolute atomic E-state index is 0.728. The fourth-order valence-electron chi connectivity index (χ4n) is 2.06. The van der Waals surface area contributed by atoms with Crippen molar-refractivity contribution in [1.82, 2.24) is 9.97 Å². The van der Waals surface area contributed by atoms with Crippen LogP contribution in [-0.2, 0) is 6.54 Å². The molecule has 2 N–H and O–H groups in total. The summed E-state index contributed by atoms with van der Waals surface area (Å²) in [6.45, 7) is 7.65. The van der Waals surface area contributed by atoms with E-state index in [9.17, 15) is 0 Å². The summed E-state index contributed by atoms with van der Waals surface area (Å²) in [5, 5.41) is 0. The molecule has 100 valence electrons. The van der Waals surface area contributed by atoms with Gasteiger partial charge in [0.05, 0.1) is 0 Å². The summed E-state index contributed by atoms with van der Waals surface area (Å²) in [6.07, 6.45) is 0. The molecule has 0 amide bonds. The summed E-state index contributed by atoms with van der Waals surface area (Å²) in [7, 11) is 0. The maximum absolute atomic E-state index is 5.99. The van der Waals surface area contributed by atoms with Crippen LogP contribution >= 0.6 is 0 Å². The molecule has 1 aromatic heterocycles. The maximum atomic E-state index is 5.99. The van der Waals surface area contributed by atoms with Crippen LogP contribution in [0.15, 0.2) is 30.3 Å². The fourth-order valence-corrected chi connectivity index (χ4v) is 2.06. The van der Waals surface area contributed by atoms with E-state index in [1.165, 1.54) is 0 Å². The zero-order chi connectivity index (χ0) is 13.8.